The number of nitrogens with two attached hydrogens (primary N) is 2. The summed E-state index contributed by atoms with van der Waals surface area (Å²) in [5.41, 5.74) is 11.0. The third-order valence-corrected chi connectivity index (χ3v) is 6.74. The fourth-order valence-corrected chi connectivity index (χ4v) is 5.39. The molecule has 24 heavy (non-hydrogen) atoms. The van der Waals surface area contributed by atoms with E-state index in [1.54, 1.807) is 4.90 Å². The first-order valence-corrected chi connectivity index (χ1v) is 9.65. The average Bonchev–Trinajstić information content (AvgIpc) is 2.62. The van der Waals surface area contributed by atoms with Crippen LogP contribution in [0.2, 0.25) is 0 Å². The Morgan fingerprint density at radius 1 is 0.667 bits per heavy atom. The minimum absolute atomic E-state index is 0.266. The topological polar surface area (TPSA) is 92.7 Å². The average molecular weight is 336 g/mol. The smallest absolute Gasteiger partial charge is 0.314 e. The predicted molar refractivity (Wildman–Crippen MR) is 93.2 cm³/mol. The van der Waals surface area contributed by atoms with E-state index < -0.39 is 0 Å². The zero-order chi connectivity index (χ0) is 17.1. The summed E-state index contributed by atoms with van der Waals surface area (Å²) in [6, 6.07) is -0.557. The number of likely N-dealkylation sites (tertiary alicyclic amines) is 2. The first kappa shape index (κ1) is 17.4. The third-order valence-electron chi connectivity index (χ3n) is 6.74. The normalized spacial score (nSPS) is 30.3. The van der Waals surface area contributed by atoms with Crippen LogP contribution in [0.15, 0.2) is 0 Å². The molecule has 136 valence electrons. The molecule has 0 bridgehead atoms. The molecule has 0 aromatic rings. The van der Waals surface area contributed by atoms with Crippen LogP contribution in [0.5, 0.6) is 0 Å². The molecule has 0 aromatic heterocycles. The summed E-state index contributed by atoms with van der Waals surface area (Å²) >= 11 is 0. The van der Waals surface area contributed by atoms with Gasteiger partial charge in [0, 0.05) is 26.2 Å². The van der Waals surface area contributed by atoms with Crippen molar-refractivity contribution < 1.29 is 9.59 Å². The third kappa shape index (κ3) is 3.78. The van der Waals surface area contributed by atoms with Crippen LogP contribution >= 0.6 is 0 Å². The van der Waals surface area contributed by atoms with Crippen LogP contribution < -0.4 is 11.5 Å². The summed E-state index contributed by atoms with van der Waals surface area (Å²) < 4.78 is 0. The highest BCUT2D eigenvalue weighted by Crippen LogP contribution is 2.43. The summed E-state index contributed by atoms with van der Waals surface area (Å²) in [6.45, 7) is 3.20. The van der Waals surface area contributed by atoms with Crippen LogP contribution in [0.3, 0.4) is 0 Å². The first-order valence-electron chi connectivity index (χ1n) is 9.65. The van der Waals surface area contributed by atoms with Crippen molar-refractivity contribution in [2.24, 2.45) is 35.1 Å². The molecule has 3 fully saturated rings. The van der Waals surface area contributed by atoms with Crippen molar-refractivity contribution in [2.45, 2.75) is 51.4 Å². The number of urea groups is 2. The highest BCUT2D eigenvalue weighted by molar-refractivity contribution is 5.72. The fourth-order valence-electron chi connectivity index (χ4n) is 5.39. The lowest BCUT2D eigenvalue weighted by molar-refractivity contribution is 0.0308. The second-order valence-corrected chi connectivity index (χ2v) is 7.96. The van der Waals surface area contributed by atoms with E-state index in [1.165, 1.54) is 32.1 Å². The largest absolute Gasteiger partial charge is 0.351 e. The van der Waals surface area contributed by atoms with Crippen LogP contribution in [0.4, 0.5) is 9.59 Å². The number of nitrogens with zero attached hydrogens (tertiary/aromatic N) is 2. The molecule has 4 amide bonds. The van der Waals surface area contributed by atoms with Gasteiger partial charge in [-0.3, -0.25) is 0 Å². The van der Waals surface area contributed by atoms with E-state index in [9.17, 15) is 9.59 Å². The van der Waals surface area contributed by atoms with Crippen molar-refractivity contribution in [1.82, 2.24) is 9.80 Å². The second-order valence-electron chi connectivity index (χ2n) is 7.96. The Morgan fingerprint density at radius 3 is 1.79 bits per heavy atom. The van der Waals surface area contributed by atoms with E-state index >= 15 is 0 Å². The number of carbonyl (C=O) groups excluding carboxylic acids is 2. The molecule has 3 rings (SSSR count). The fraction of sp³-hybridized carbons (Fsp3) is 0.889. The van der Waals surface area contributed by atoms with Gasteiger partial charge in [0.15, 0.2) is 0 Å². The highest BCUT2D eigenvalue weighted by Gasteiger charge is 2.40. The lowest BCUT2D eigenvalue weighted by Gasteiger charge is -2.47. The van der Waals surface area contributed by atoms with Gasteiger partial charge in [-0.15, -0.1) is 0 Å². The summed E-state index contributed by atoms with van der Waals surface area (Å²) in [5, 5.41) is 0. The van der Waals surface area contributed by atoms with Crippen LogP contribution in [-0.2, 0) is 0 Å². The lowest BCUT2D eigenvalue weighted by Crippen LogP contribution is -2.51. The molecular weight excluding hydrogens is 304 g/mol. The van der Waals surface area contributed by atoms with E-state index in [0.29, 0.717) is 17.8 Å². The van der Waals surface area contributed by atoms with Crippen LogP contribution in [-0.4, -0.2) is 48.0 Å². The van der Waals surface area contributed by atoms with Crippen molar-refractivity contribution in [2.75, 3.05) is 26.2 Å². The van der Waals surface area contributed by atoms with Gasteiger partial charge in [-0.25, -0.2) is 9.59 Å². The Kier molecular flexibility index (Phi) is 5.51. The Labute approximate surface area is 144 Å². The molecule has 4 N–H and O–H groups in total. The van der Waals surface area contributed by atoms with Gasteiger partial charge < -0.3 is 21.3 Å². The molecule has 2 atom stereocenters. The van der Waals surface area contributed by atoms with Gasteiger partial charge in [0.05, 0.1) is 0 Å². The van der Waals surface area contributed by atoms with Crippen molar-refractivity contribution in [3.63, 3.8) is 0 Å². The molecule has 2 saturated heterocycles. The van der Waals surface area contributed by atoms with Crippen LogP contribution in [0, 0.1) is 23.7 Å². The summed E-state index contributed by atoms with van der Waals surface area (Å²) in [4.78, 5) is 26.7. The Balaban J connectivity index is 1.67. The molecule has 2 aliphatic heterocycles. The lowest BCUT2D eigenvalue weighted by atomic mass is 9.65. The van der Waals surface area contributed by atoms with Gasteiger partial charge >= 0.3 is 12.1 Å². The van der Waals surface area contributed by atoms with E-state index in [4.69, 9.17) is 11.5 Å². The zero-order valence-electron chi connectivity index (χ0n) is 14.7. The Morgan fingerprint density at radius 2 is 1.21 bits per heavy atom. The number of rotatable bonds is 2. The molecule has 0 aromatic carbocycles. The maximum Gasteiger partial charge on any atom is 0.314 e. The summed E-state index contributed by atoms with van der Waals surface area (Å²) in [5.74, 6) is 2.64. The monoisotopic (exact) mass is 336 g/mol. The number of hydrogen-bond acceptors (Lipinski definition) is 2. The summed E-state index contributed by atoms with van der Waals surface area (Å²) in [7, 11) is 0. The molecular formula is C18H32N4O2. The predicted octanol–water partition coefficient (Wildman–Crippen LogP) is 2.37. The minimum Gasteiger partial charge on any atom is -0.351 e. The molecule has 2 heterocycles. The van der Waals surface area contributed by atoms with Gasteiger partial charge in [0.2, 0.25) is 0 Å². The van der Waals surface area contributed by atoms with E-state index in [0.717, 1.165) is 51.4 Å². The van der Waals surface area contributed by atoms with Crippen molar-refractivity contribution in [3.05, 3.63) is 0 Å². The van der Waals surface area contributed by atoms with Crippen LogP contribution in [0.1, 0.15) is 51.4 Å². The number of primary amides is 2. The number of piperidine rings is 2. The van der Waals surface area contributed by atoms with E-state index in [1.807, 2.05) is 4.90 Å². The molecule has 0 radical (unpaired) electrons. The molecule has 0 spiro atoms. The second kappa shape index (κ2) is 7.62. The standard InChI is InChI=1S/C18H32N4O2/c19-17(23)21-9-6-14(7-10-21)15-8-11-22(18(20)24)12-16(15)13-4-2-1-3-5-13/h13-16H,1-12H2,(H2,19,23)(H2,20,24). The van der Waals surface area contributed by atoms with E-state index in [2.05, 4.69) is 0 Å². The molecule has 1 saturated carbocycles. The zero-order valence-corrected chi connectivity index (χ0v) is 14.7. The number of amides is 4. The van der Waals surface area contributed by atoms with E-state index in [-0.39, 0.29) is 12.1 Å². The van der Waals surface area contributed by atoms with Gasteiger partial charge in [0.25, 0.3) is 0 Å². The summed E-state index contributed by atoms with van der Waals surface area (Å²) in [6.07, 6.45) is 9.76. The maximum atomic E-state index is 11.7. The van der Waals surface area contributed by atoms with Gasteiger partial charge in [0.1, 0.15) is 0 Å². The number of hydrogen-bond donors (Lipinski definition) is 2. The highest BCUT2D eigenvalue weighted by atomic mass is 16.2. The molecule has 1 aliphatic carbocycles. The molecule has 6 nitrogen and oxygen atoms in total. The van der Waals surface area contributed by atoms with Crippen LogP contribution in [0.25, 0.3) is 0 Å². The maximum absolute atomic E-state index is 11.7. The van der Waals surface area contributed by atoms with Crippen molar-refractivity contribution in [1.29, 1.82) is 0 Å². The van der Waals surface area contributed by atoms with Gasteiger partial charge in [-0.1, -0.05) is 32.1 Å². The van der Waals surface area contributed by atoms with Crippen molar-refractivity contribution >= 4 is 12.1 Å². The van der Waals surface area contributed by atoms with Gasteiger partial charge in [-0.05, 0) is 42.9 Å². The van der Waals surface area contributed by atoms with Crippen molar-refractivity contribution in [3.8, 4) is 0 Å². The molecule has 2 unspecified atom stereocenters. The number of carbonyl (C=O) groups is 2. The first-order chi connectivity index (χ1) is 11.6. The molecule has 3 aliphatic rings. The molecule has 6 heteroatoms. The Hall–Kier alpha value is -1.46. The quantitative estimate of drug-likeness (QED) is 0.810. The SMILES string of the molecule is NC(=O)N1CCC(C2CCN(C(N)=O)CC2C2CCCCC2)CC1. The minimum atomic E-state index is -0.291. The van der Waals surface area contributed by atoms with Gasteiger partial charge in [-0.2, -0.15) is 0 Å². The Bertz CT molecular complexity index is 456.